The maximum atomic E-state index is 11.3. The van der Waals surface area contributed by atoms with Crippen molar-refractivity contribution in [1.29, 1.82) is 0 Å². The van der Waals surface area contributed by atoms with Gasteiger partial charge in [-0.05, 0) is 48.2 Å². The van der Waals surface area contributed by atoms with Crippen molar-refractivity contribution in [2.45, 2.75) is 32.0 Å². The van der Waals surface area contributed by atoms with Crippen LogP contribution < -0.4 is 0 Å². The lowest BCUT2D eigenvalue weighted by Crippen LogP contribution is -2.36. The smallest absolute Gasteiger partial charge is 0.370 e. The van der Waals surface area contributed by atoms with Gasteiger partial charge in [-0.15, -0.1) is 0 Å². The van der Waals surface area contributed by atoms with Gasteiger partial charge in [-0.1, -0.05) is 0 Å². The molecule has 0 amide bonds. The lowest BCUT2D eigenvalue weighted by atomic mass is 9.82. The summed E-state index contributed by atoms with van der Waals surface area (Å²) in [5.74, 6) is -1.22. The van der Waals surface area contributed by atoms with Gasteiger partial charge in [-0.3, -0.25) is 0 Å². The number of allylic oxidation sites excluding steroid dienone is 1. The lowest BCUT2D eigenvalue weighted by molar-refractivity contribution is -0.173. The molecule has 1 aromatic rings. The van der Waals surface area contributed by atoms with Gasteiger partial charge >= 0.3 is 5.97 Å². The number of carboxylic acid groups (broad SMARTS) is 1. The number of carbonyl (C=O) groups is 1. The van der Waals surface area contributed by atoms with Crippen LogP contribution in [0.25, 0.3) is 0 Å². The fourth-order valence-electron chi connectivity index (χ4n) is 2.60. The molecular formula is C15H20O5S. The van der Waals surface area contributed by atoms with Gasteiger partial charge < -0.3 is 19.7 Å². The molecule has 0 fully saturated rings. The number of thiophene rings is 1. The third-order valence-electron chi connectivity index (χ3n) is 3.55. The number of ether oxygens (including phenoxy) is 2. The van der Waals surface area contributed by atoms with Crippen molar-refractivity contribution in [2.24, 2.45) is 5.92 Å². The first-order valence-corrected chi connectivity index (χ1v) is 7.98. The quantitative estimate of drug-likeness (QED) is 0.809. The summed E-state index contributed by atoms with van der Waals surface area (Å²) in [5.41, 5.74) is 1.06. The van der Waals surface area contributed by atoms with Crippen molar-refractivity contribution in [3.05, 3.63) is 34.2 Å². The first-order valence-electron chi connectivity index (χ1n) is 7.03. The summed E-state index contributed by atoms with van der Waals surface area (Å²) in [7, 11) is 0. The van der Waals surface area contributed by atoms with Crippen LogP contribution >= 0.6 is 11.3 Å². The van der Waals surface area contributed by atoms with E-state index in [2.05, 4.69) is 0 Å². The molecule has 0 saturated carbocycles. The molecule has 2 N–H and O–H groups in total. The van der Waals surface area contributed by atoms with E-state index in [4.69, 9.17) is 14.6 Å². The van der Waals surface area contributed by atoms with Crippen LogP contribution in [0.4, 0.5) is 0 Å². The highest BCUT2D eigenvalue weighted by Crippen LogP contribution is 2.39. The molecule has 5 nitrogen and oxygen atoms in total. The number of rotatable bonds is 7. The highest BCUT2D eigenvalue weighted by Gasteiger charge is 2.37. The van der Waals surface area contributed by atoms with Gasteiger partial charge in [-0.2, -0.15) is 11.3 Å². The predicted octanol–water partition coefficient (Wildman–Crippen LogP) is 2.58. The summed E-state index contributed by atoms with van der Waals surface area (Å²) in [4.78, 5) is 11.3. The van der Waals surface area contributed by atoms with E-state index in [0.29, 0.717) is 19.4 Å². The van der Waals surface area contributed by atoms with Gasteiger partial charge in [0.1, 0.15) is 0 Å². The molecule has 1 aliphatic rings. The van der Waals surface area contributed by atoms with E-state index in [-0.39, 0.29) is 24.2 Å². The van der Waals surface area contributed by atoms with E-state index in [1.54, 1.807) is 17.4 Å². The average Bonchev–Trinajstić information content (AvgIpc) is 2.99. The minimum atomic E-state index is -1.08. The molecule has 2 heterocycles. The molecule has 2 rings (SSSR count). The SMILES string of the molecule is CCOC1OC(C(=O)O)=CC(c2ccsc2)C1CCCO. The van der Waals surface area contributed by atoms with Gasteiger partial charge in [0, 0.05) is 25.0 Å². The van der Waals surface area contributed by atoms with E-state index in [0.717, 1.165) is 5.56 Å². The largest absolute Gasteiger partial charge is 0.475 e. The summed E-state index contributed by atoms with van der Waals surface area (Å²) >= 11 is 1.58. The first kappa shape index (κ1) is 16.0. The number of aliphatic carboxylic acids is 1. The Hall–Kier alpha value is -1.37. The first-order chi connectivity index (χ1) is 10.2. The number of hydrogen-bond acceptors (Lipinski definition) is 5. The molecule has 116 valence electrons. The molecule has 1 aromatic heterocycles. The Balaban J connectivity index is 2.32. The van der Waals surface area contributed by atoms with E-state index < -0.39 is 12.3 Å². The van der Waals surface area contributed by atoms with Crippen LogP contribution in [0.15, 0.2) is 28.7 Å². The number of aliphatic hydroxyl groups is 1. The van der Waals surface area contributed by atoms with E-state index in [1.165, 1.54) is 0 Å². The Bertz CT molecular complexity index is 482. The topological polar surface area (TPSA) is 76.0 Å². The monoisotopic (exact) mass is 312 g/mol. The molecule has 21 heavy (non-hydrogen) atoms. The van der Waals surface area contributed by atoms with Crippen molar-refractivity contribution >= 4 is 17.3 Å². The fourth-order valence-corrected chi connectivity index (χ4v) is 3.31. The van der Waals surface area contributed by atoms with Crippen molar-refractivity contribution < 1.29 is 24.5 Å². The highest BCUT2D eigenvalue weighted by molar-refractivity contribution is 7.08. The molecule has 0 bridgehead atoms. The lowest BCUT2D eigenvalue weighted by Gasteiger charge is -2.36. The number of aliphatic hydroxyl groups excluding tert-OH is 1. The Morgan fingerprint density at radius 3 is 2.90 bits per heavy atom. The highest BCUT2D eigenvalue weighted by atomic mass is 32.1. The maximum absolute atomic E-state index is 11.3. The van der Waals surface area contributed by atoms with Gasteiger partial charge in [0.15, 0.2) is 0 Å². The van der Waals surface area contributed by atoms with Gasteiger partial charge in [-0.25, -0.2) is 4.79 Å². The summed E-state index contributed by atoms with van der Waals surface area (Å²) in [6.07, 6.45) is 2.41. The molecule has 3 atom stereocenters. The van der Waals surface area contributed by atoms with Gasteiger partial charge in [0.05, 0.1) is 0 Å². The minimum absolute atomic E-state index is 0.00481. The molecule has 0 saturated heterocycles. The zero-order valence-electron chi connectivity index (χ0n) is 11.9. The van der Waals surface area contributed by atoms with Crippen LogP contribution in [-0.4, -0.2) is 35.7 Å². The van der Waals surface area contributed by atoms with E-state index in [1.807, 2.05) is 23.8 Å². The normalized spacial score (nSPS) is 25.2. The molecule has 1 aliphatic heterocycles. The van der Waals surface area contributed by atoms with Crippen molar-refractivity contribution in [2.75, 3.05) is 13.2 Å². The molecule has 0 spiro atoms. The van der Waals surface area contributed by atoms with E-state index >= 15 is 0 Å². The van der Waals surface area contributed by atoms with Crippen LogP contribution in [0.1, 0.15) is 31.2 Å². The van der Waals surface area contributed by atoms with Crippen LogP contribution in [0, 0.1) is 5.92 Å². The molecule has 0 aromatic carbocycles. The predicted molar refractivity (Wildman–Crippen MR) is 79.1 cm³/mol. The van der Waals surface area contributed by atoms with Crippen molar-refractivity contribution in [1.82, 2.24) is 0 Å². The van der Waals surface area contributed by atoms with Crippen molar-refractivity contribution in [3.63, 3.8) is 0 Å². The summed E-state index contributed by atoms with van der Waals surface area (Å²) in [6, 6.07) is 1.99. The van der Waals surface area contributed by atoms with Crippen LogP contribution in [0.5, 0.6) is 0 Å². The molecular weight excluding hydrogens is 292 g/mol. The summed E-state index contributed by atoms with van der Waals surface area (Å²) in [5, 5.41) is 22.3. The molecule has 0 aliphatic carbocycles. The number of hydrogen-bond donors (Lipinski definition) is 2. The van der Waals surface area contributed by atoms with Crippen LogP contribution in [0.3, 0.4) is 0 Å². The average molecular weight is 312 g/mol. The second-order valence-corrected chi connectivity index (χ2v) is 5.67. The Morgan fingerprint density at radius 1 is 1.52 bits per heavy atom. The zero-order chi connectivity index (χ0) is 15.2. The standard InChI is InChI=1S/C15H20O5S/c1-2-19-15-11(4-3-6-16)12(10-5-7-21-9-10)8-13(20-15)14(17)18/h5,7-9,11-12,15-16H,2-4,6H2,1H3,(H,17,18). The third-order valence-corrected chi connectivity index (χ3v) is 4.25. The molecule has 0 radical (unpaired) electrons. The fraction of sp³-hybridized carbons (Fsp3) is 0.533. The Labute approximate surface area is 127 Å². The second kappa shape index (κ2) is 7.59. The summed E-state index contributed by atoms with van der Waals surface area (Å²) in [6.45, 7) is 2.40. The van der Waals surface area contributed by atoms with Gasteiger partial charge in [0.25, 0.3) is 0 Å². The zero-order valence-corrected chi connectivity index (χ0v) is 12.7. The summed E-state index contributed by atoms with van der Waals surface area (Å²) < 4.78 is 11.1. The third kappa shape index (κ3) is 3.84. The maximum Gasteiger partial charge on any atom is 0.370 e. The molecule has 3 unspecified atom stereocenters. The Morgan fingerprint density at radius 2 is 2.33 bits per heavy atom. The molecule has 6 heteroatoms. The van der Waals surface area contributed by atoms with Crippen molar-refractivity contribution in [3.8, 4) is 0 Å². The second-order valence-electron chi connectivity index (χ2n) is 4.89. The number of carboxylic acids is 1. The minimum Gasteiger partial charge on any atom is -0.475 e. The van der Waals surface area contributed by atoms with Gasteiger partial charge in [0.2, 0.25) is 12.0 Å². The Kier molecular flexibility index (Phi) is 5.78. The van der Waals surface area contributed by atoms with E-state index in [9.17, 15) is 9.90 Å². The van der Waals surface area contributed by atoms with Crippen LogP contribution in [-0.2, 0) is 14.3 Å². The van der Waals surface area contributed by atoms with Crippen LogP contribution in [0.2, 0.25) is 0 Å².